The summed E-state index contributed by atoms with van der Waals surface area (Å²) in [6, 6.07) is 5.48. The first-order chi connectivity index (χ1) is 14.0. The number of nitrogens with zero attached hydrogens (tertiary/aromatic N) is 1. The number of carbonyl (C=O) groups excluding carboxylic acids is 1. The SMILES string of the molecule is O=C(C1CCOCC1)N1CCCCCc2cc(Cl)ccc2OC[C@@H](O)[C@@H](O)CC1. The van der Waals surface area contributed by atoms with Gasteiger partial charge in [-0.15, -0.1) is 0 Å². The van der Waals surface area contributed by atoms with E-state index in [-0.39, 0.29) is 18.4 Å². The molecule has 1 amide bonds. The Morgan fingerprint density at radius 2 is 1.83 bits per heavy atom. The van der Waals surface area contributed by atoms with Crippen LogP contribution in [0.25, 0.3) is 0 Å². The minimum absolute atomic E-state index is 0.00190. The second-order valence-corrected chi connectivity index (χ2v) is 8.45. The van der Waals surface area contributed by atoms with Crippen LogP contribution in [0.1, 0.15) is 44.1 Å². The van der Waals surface area contributed by atoms with Gasteiger partial charge < -0.3 is 24.6 Å². The molecule has 6 nitrogen and oxygen atoms in total. The van der Waals surface area contributed by atoms with Crippen LogP contribution in [0, 0.1) is 5.92 Å². The van der Waals surface area contributed by atoms with Gasteiger partial charge in [0, 0.05) is 37.2 Å². The summed E-state index contributed by atoms with van der Waals surface area (Å²) >= 11 is 6.13. The summed E-state index contributed by atoms with van der Waals surface area (Å²) in [5.74, 6) is 0.853. The van der Waals surface area contributed by atoms with Crippen molar-refractivity contribution in [3.63, 3.8) is 0 Å². The number of ether oxygens (including phenoxy) is 2. The second-order valence-electron chi connectivity index (χ2n) is 8.01. The van der Waals surface area contributed by atoms with Gasteiger partial charge in [-0.05, 0) is 62.3 Å². The number of amides is 1. The number of aliphatic hydroxyl groups excluding tert-OH is 2. The van der Waals surface area contributed by atoms with Crippen molar-refractivity contribution in [1.29, 1.82) is 0 Å². The molecule has 0 unspecified atom stereocenters. The number of fused-ring (bicyclic) bond motifs is 1. The molecule has 0 spiro atoms. The summed E-state index contributed by atoms with van der Waals surface area (Å²) in [6.45, 7) is 2.39. The Bertz CT molecular complexity index is 665. The van der Waals surface area contributed by atoms with Crippen LogP contribution < -0.4 is 4.74 Å². The number of hydrogen-bond acceptors (Lipinski definition) is 5. The number of aryl methyl sites for hydroxylation is 1. The van der Waals surface area contributed by atoms with Gasteiger partial charge in [0.05, 0.1) is 6.10 Å². The van der Waals surface area contributed by atoms with Gasteiger partial charge in [0.2, 0.25) is 5.91 Å². The Kier molecular flexibility index (Phi) is 8.60. The fraction of sp³-hybridized carbons (Fsp3) is 0.682. The van der Waals surface area contributed by atoms with Crippen LogP contribution in [0.3, 0.4) is 0 Å². The van der Waals surface area contributed by atoms with Crippen molar-refractivity contribution in [2.24, 2.45) is 5.92 Å². The van der Waals surface area contributed by atoms with E-state index in [0.29, 0.717) is 43.5 Å². The minimum Gasteiger partial charge on any atom is -0.491 e. The normalized spacial score (nSPS) is 25.6. The van der Waals surface area contributed by atoms with E-state index in [4.69, 9.17) is 21.1 Å². The Balaban J connectivity index is 1.67. The third-order valence-corrected chi connectivity index (χ3v) is 6.06. The number of rotatable bonds is 1. The maximum atomic E-state index is 13.0. The molecule has 162 valence electrons. The van der Waals surface area contributed by atoms with Crippen LogP contribution in [0.2, 0.25) is 5.02 Å². The molecule has 0 radical (unpaired) electrons. The average molecular weight is 426 g/mol. The van der Waals surface area contributed by atoms with E-state index in [1.807, 2.05) is 17.0 Å². The molecule has 1 saturated heterocycles. The molecule has 1 fully saturated rings. The summed E-state index contributed by atoms with van der Waals surface area (Å²) in [6.07, 6.45) is 3.58. The third kappa shape index (κ3) is 6.57. The van der Waals surface area contributed by atoms with E-state index in [1.165, 1.54) is 0 Å². The molecule has 2 atom stereocenters. The highest BCUT2D eigenvalue weighted by molar-refractivity contribution is 6.30. The number of halogens is 1. The fourth-order valence-electron chi connectivity index (χ4n) is 3.98. The molecule has 2 N–H and O–H groups in total. The van der Waals surface area contributed by atoms with Gasteiger partial charge in [-0.3, -0.25) is 4.79 Å². The molecule has 0 aliphatic carbocycles. The summed E-state index contributed by atoms with van der Waals surface area (Å²) < 4.78 is 11.2. The smallest absolute Gasteiger partial charge is 0.225 e. The van der Waals surface area contributed by atoms with Gasteiger partial charge in [-0.1, -0.05) is 18.0 Å². The Hall–Kier alpha value is -1.34. The van der Waals surface area contributed by atoms with E-state index < -0.39 is 12.2 Å². The molecule has 1 aromatic carbocycles. The van der Waals surface area contributed by atoms with E-state index in [0.717, 1.165) is 44.1 Å². The molecular weight excluding hydrogens is 394 g/mol. The Labute approximate surface area is 177 Å². The third-order valence-electron chi connectivity index (χ3n) is 5.83. The topological polar surface area (TPSA) is 79.2 Å². The van der Waals surface area contributed by atoms with Gasteiger partial charge in [0.15, 0.2) is 0 Å². The van der Waals surface area contributed by atoms with Crippen LogP contribution in [-0.4, -0.2) is 66.1 Å². The molecule has 2 aliphatic heterocycles. The molecule has 1 aromatic rings. The lowest BCUT2D eigenvalue weighted by Gasteiger charge is -2.31. The Morgan fingerprint density at radius 1 is 1.03 bits per heavy atom. The van der Waals surface area contributed by atoms with Crippen LogP contribution >= 0.6 is 11.6 Å². The van der Waals surface area contributed by atoms with Crippen LogP contribution in [0.4, 0.5) is 0 Å². The first-order valence-electron chi connectivity index (χ1n) is 10.7. The van der Waals surface area contributed by atoms with E-state index in [2.05, 4.69) is 0 Å². The lowest BCUT2D eigenvalue weighted by Crippen LogP contribution is -2.42. The molecule has 2 aliphatic rings. The predicted molar refractivity (Wildman–Crippen MR) is 111 cm³/mol. The molecule has 0 bridgehead atoms. The van der Waals surface area contributed by atoms with Crippen LogP contribution in [0.15, 0.2) is 18.2 Å². The molecule has 3 rings (SSSR count). The number of carbonyl (C=O) groups is 1. The summed E-state index contributed by atoms with van der Waals surface area (Å²) in [4.78, 5) is 14.8. The lowest BCUT2D eigenvalue weighted by molar-refractivity contribution is -0.139. The number of aliphatic hydroxyl groups is 2. The maximum absolute atomic E-state index is 13.0. The van der Waals surface area contributed by atoms with Crippen LogP contribution in [0.5, 0.6) is 5.75 Å². The molecule has 29 heavy (non-hydrogen) atoms. The zero-order chi connectivity index (χ0) is 20.6. The Morgan fingerprint density at radius 3 is 2.62 bits per heavy atom. The highest BCUT2D eigenvalue weighted by Crippen LogP contribution is 2.26. The summed E-state index contributed by atoms with van der Waals surface area (Å²) in [5.41, 5.74) is 1.01. The second kappa shape index (κ2) is 11.2. The van der Waals surface area contributed by atoms with Crippen molar-refractivity contribution in [2.75, 3.05) is 32.9 Å². The highest BCUT2D eigenvalue weighted by atomic mass is 35.5. The molecule has 2 heterocycles. The van der Waals surface area contributed by atoms with Gasteiger partial charge in [-0.25, -0.2) is 0 Å². The molecule has 7 heteroatoms. The van der Waals surface area contributed by atoms with Gasteiger partial charge in [0.25, 0.3) is 0 Å². The highest BCUT2D eigenvalue weighted by Gasteiger charge is 2.27. The van der Waals surface area contributed by atoms with Gasteiger partial charge in [0.1, 0.15) is 18.5 Å². The van der Waals surface area contributed by atoms with Crippen LogP contribution in [-0.2, 0) is 16.0 Å². The number of hydrogen-bond donors (Lipinski definition) is 2. The standard InChI is InChI=1S/C22H32ClNO5/c23-18-5-6-21-17(14-18)4-2-1-3-10-24(11-7-19(25)20(26)15-29-21)22(27)16-8-12-28-13-9-16/h5-6,14,16,19-20,25-26H,1-4,7-13,15H2/t19-,20+/m0/s1. The van der Waals surface area contributed by atoms with E-state index >= 15 is 0 Å². The summed E-state index contributed by atoms with van der Waals surface area (Å²) in [7, 11) is 0. The largest absolute Gasteiger partial charge is 0.491 e. The van der Waals surface area contributed by atoms with Crippen molar-refractivity contribution >= 4 is 17.5 Å². The zero-order valence-corrected chi connectivity index (χ0v) is 17.6. The first kappa shape index (κ1) is 22.3. The first-order valence-corrected chi connectivity index (χ1v) is 11.1. The molecule has 0 saturated carbocycles. The van der Waals surface area contributed by atoms with E-state index in [9.17, 15) is 15.0 Å². The summed E-state index contributed by atoms with van der Waals surface area (Å²) in [5, 5.41) is 21.4. The molecule has 0 aromatic heterocycles. The zero-order valence-electron chi connectivity index (χ0n) is 16.9. The van der Waals surface area contributed by atoms with Crippen molar-refractivity contribution in [2.45, 2.75) is 57.2 Å². The predicted octanol–water partition coefficient (Wildman–Crippen LogP) is 2.81. The van der Waals surface area contributed by atoms with Crippen molar-refractivity contribution in [3.8, 4) is 5.75 Å². The van der Waals surface area contributed by atoms with E-state index in [1.54, 1.807) is 6.07 Å². The van der Waals surface area contributed by atoms with Gasteiger partial charge in [-0.2, -0.15) is 0 Å². The average Bonchev–Trinajstić information content (AvgIpc) is 2.74. The van der Waals surface area contributed by atoms with Gasteiger partial charge >= 0.3 is 0 Å². The van der Waals surface area contributed by atoms with Crippen molar-refractivity contribution in [1.82, 2.24) is 4.90 Å². The monoisotopic (exact) mass is 425 g/mol. The molecular formula is C22H32ClNO5. The van der Waals surface area contributed by atoms with Crippen molar-refractivity contribution in [3.05, 3.63) is 28.8 Å². The lowest BCUT2D eigenvalue weighted by atomic mass is 9.98. The maximum Gasteiger partial charge on any atom is 0.225 e. The fourth-order valence-corrected chi connectivity index (χ4v) is 4.18. The van der Waals surface area contributed by atoms with Crippen molar-refractivity contribution < 1.29 is 24.5 Å². The minimum atomic E-state index is -1.01. The quantitative estimate of drug-likeness (QED) is 0.723. The number of benzene rings is 1.